The summed E-state index contributed by atoms with van der Waals surface area (Å²) in [5, 5.41) is 14.2. The largest absolute Gasteiger partial charge is 0.393 e. The first-order valence-electron chi connectivity index (χ1n) is 9.75. The molecule has 0 bridgehead atoms. The third-order valence-electron chi connectivity index (χ3n) is 9.10. The van der Waals surface area contributed by atoms with E-state index in [4.69, 9.17) is 0 Å². The van der Waals surface area contributed by atoms with Crippen LogP contribution in [0.25, 0.3) is 0 Å². The van der Waals surface area contributed by atoms with Crippen molar-refractivity contribution in [2.24, 2.45) is 28.6 Å². The molecule has 4 aliphatic rings. The molecule has 0 aromatic heterocycles. The average Bonchev–Trinajstić information content (AvgIpc) is 2.84. The summed E-state index contributed by atoms with van der Waals surface area (Å²) >= 11 is 0. The number of rotatable bonds is 1. The maximum atomic E-state index is 12.2. The maximum absolute atomic E-state index is 12.2. The fourth-order valence-electron chi connectivity index (χ4n) is 7.55. The van der Waals surface area contributed by atoms with E-state index in [0.717, 1.165) is 43.9 Å². The van der Waals surface area contributed by atoms with Crippen LogP contribution in [0.3, 0.4) is 0 Å². The Kier molecular flexibility index (Phi) is 3.53. The van der Waals surface area contributed by atoms with Gasteiger partial charge in [-0.25, -0.2) is 0 Å². The minimum absolute atomic E-state index is 0.0223. The lowest BCUT2D eigenvalue weighted by Gasteiger charge is -2.64. The van der Waals surface area contributed by atoms with Crippen LogP contribution in [-0.2, 0) is 4.79 Å². The van der Waals surface area contributed by atoms with Crippen LogP contribution >= 0.6 is 0 Å². The van der Waals surface area contributed by atoms with E-state index in [9.17, 15) is 9.90 Å². The minimum atomic E-state index is -0.0924. The number of ketones is 1. The van der Waals surface area contributed by atoms with Gasteiger partial charge in [-0.3, -0.25) is 4.79 Å². The lowest BCUT2D eigenvalue weighted by molar-refractivity contribution is -0.152. The number of carbonyl (C=O) groups is 1. The fraction of sp³-hybridized carbons (Fsp3) is 0.950. The second kappa shape index (κ2) is 5.05. The van der Waals surface area contributed by atoms with E-state index in [-0.39, 0.29) is 22.5 Å². The highest BCUT2D eigenvalue weighted by Crippen LogP contribution is 2.66. The van der Waals surface area contributed by atoms with Crippen LogP contribution in [0, 0.1) is 28.6 Å². The highest BCUT2D eigenvalue weighted by atomic mass is 16.3. The van der Waals surface area contributed by atoms with Gasteiger partial charge in [-0.05, 0) is 80.6 Å². The predicted molar refractivity (Wildman–Crippen MR) is 91.0 cm³/mol. The van der Waals surface area contributed by atoms with E-state index in [1.54, 1.807) is 0 Å². The molecule has 7 atom stereocenters. The van der Waals surface area contributed by atoms with Crippen molar-refractivity contribution < 1.29 is 9.90 Å². The summed E-state index contributed by atoms with van der Waals surface area (Å²) in [5.41, 5.74) is 0.420. The predicted octanol–water partition coefficient (Wildman–Crippen LogP) is 3.30. The molecule has 0 heterocycles. The monoisotopic (exact) mass is 319 g/mol. The van der Waals surface area contributed by atoms with Gasteiger partial charge < -0.3 is 10.4 Å². The van der Waals surface area contributed by atoms with Crippen LogP contribution in [0.2, 0.25) is 0 Å². The van der Waals surface area contributed by atoms with Crippen LogP contribution in [0.4, 0.5) is 0 Å². The standard InChI is InChI=1S/C20H33NO2/c1-18-9-8-16-14(15(18)4-5-17(18)23)7-11-20(21-3)12-13(22)6-10-19(16,20)2/h14-17,21,23H,4-12H2,1-3H3. The van der Waals surface area contributed by atoms with Gasteiger partial charge in [-0.1, -0.05) is 13.8 Å². The lowest BCUT2D eigenvalue weighted by atomic mass is 9.42. The number of aliphatic hydroxyl groups excluding tert-OH is 1. The third kappa shape index (κ3) is 1.93. The second-order valence-electron chi connectivity index (χ2n) is 9.52. The van der Waals surface area contributed by atoms with Gasteiger partial charge in [0.1, 0.15) is 5.78 Å². The van der Waals surface area contributed by atoms with Crippen LogP contribution in [-0.4, -0.2) is 29.6 Å². The molecule has 0 amide bonds. The molecule has 130 valence electrons. The summed E-state index contributed by atoms with van der Waals surface area (Å²) in [6.45, 7) is 4.82. The Morgan fingerprint density at radius 2 is 1.83 bits per heavy atom. The molecule has 0 aromatic rings. The number of hydrogen-bond donors (Lipinski definition) is 2. The Morgan fingerprint density at radius 1 is 1.04 bits per heavy atom. The molecule has 0 radical (unpaired) electrons. The molecule has 0 aromatic carbocycles. The van der Waals surface area contributed by atoms with Crippen LogP contribution < -0.4 is 5.32 Å². The van der Waals surface area contributed by atoms with E-state index in [0.29, 0.717) is 11.7 Å². The van der Waals surface area contributed by atoms with E-state index in [1.807, 2.05) is 0 Å². The van der Waals surface area contributed by atoms with E-state index >= 15 is 0 Å². The Labute approximate surface area is 140 Å². The van der Waals surface area contributed by atoms with Crippen molar-refractivity contribution in [1.82, 2.24) is 5.32 Å². The highest BCUT2D eigenvalue weighted by molar-refractivity contribution is 5.81. The fourth-order valence-corrected chi connectivity index (χ4v) is 7.55. The van der Waals surface area contributed by atoms with Gasteiger partial charge in [0.05, 0.1) is 6.10 Å². The van der Waals surface area contributed by atoms with Crippen molar-refractivity contribution in [2.75, 3.05) is 7.05 Å². The van der Waals surface area contributed by atoms with Gasteiger partial charge in [-0.2, -0.15) is 0 Å². The van der Waals surface area contributed by atoms with E-state index < -0.39 is 0 Å². The van der Waals surface area contributed by atoms with Gasteiger partial charge in [-0.15, -0.1) is 0 Å². The third-order valence-corrected chi connectivity index (χ3v) is 9.10. The van der Waals surface area contributed by atoms with Crippen LogP contribution in [0.5, 0.6) is 0 Å². The summed E-state index contributed by atoms with van der Waals surface area (Å²) in [7, 11) is 2.07. The topological polar surface area (TPSA) is 49.3 Å². The Hall–Kier alpha value is -0.410. The first-order chi connectivity index (χ1) is 10.9. The number of hydrogen-bond acceptors (Lipinski definition) is 3. The molecule has 4 saturated carbocycles. The van der Waals surface area contributed by atoms with Crippen LogP contribution in [0.1, 0.15) is 71.6 Å². The summed E-state index contributed by atoms with van der Waals surface area (Å²) in [6, 6.07) is 0. The zero-order valence-corrected chi connectivity index (χ0v) is 15.0. The van der Waals surface area contributed by atoms with E-state index in [2.05, 4.69) is 26.2 Å². The summed E-state index contributed by atoms with van der Waals surface area (Å²) in [6.07, 6.45) is 9.45. The molecule has 0 spiro atoms. The lowest BCUT2D eigenvalue weighted by Crippen LogP contribution is -2.67. The minimum Gasteiger partial charge on any atom is -0.393 e. The molecule has 0 saturated heterocycles. The summed E-state index contributed by atoms with van der Waals surface area (Å²) in [4.78, 5) is 12.2. The Morgan fingerprint density at radius 3 is 2.57 bits per heavy atom. The molecule has 2 N–H and O–H groups in total. The molecule has 3 heteroatoms. The van der Waals surface area contributed by atoms with Gasteiger partial charge in [0.15, 0.2) is 0 Å². The smallest absolute Gasteiger partial charge is 0.134 e. The number of Topliss-reactive ketones (excluding diaryl/α,β-unsaturated/α-hetero) is 1. The van der Waals surface area contributed by atoms with Crippen molar-refractivity contribution in [3.8, 4) is 0 Å². The number of carbonyl (C=O) groups excluding carboxylic acids is 1. The molecular formula is C20H33NO2. The number of fused-ring (bicyclic) bond motifs is 5. The van der Waals surface area contributed by atoms with Crippen molar-refractivity contribution in [3.63, 3.8) is 0 Å². The highest BCUT2D eigenvalue weighted by Gasteiger charge is 2.64. The molecule has 3 nitrogen and oxygen atoms in total. The molecule has 4 aliphatic carbocycles. The van der Waals surface area contributed by atoms with Crippen molar-refractivity contribution in [1.29, 1.82) is 0 Å². The SMILES string of the molecule is CNC12CCC3C4CCC(O)C4(C)CCC3C1(C)CCC(=O)C2. The van der Waals surface area contributed by atoms with Crippen molar-refractivity contribution in [2.45, 2.75) is 83.3 Å². The first-order valence-corrected chi connectivity index (χ1v) is 9.75. The van der Waals surface area contributed by atoms with Crippen molar-refractivity contribution >= 4 is 5.78 Å². The van der Waals surface area contributed by atoms with E-state index in [1.165, 1.54) is 25.7 Å². The van der Waals surface area contributed by atoms with Gasteiger partial charge in [0.25, 0.3) is 0 Å². The second-order valence-corrected chi connectivity index (χ2v) is 9.52. The quantitative estimate of drug-likeness (QED) is 0.779. The van der Waals surface area contributed by atoms with Crippen molar-refractivity contribution in [3.05, 3.63) is 0 Å². The Balaban J connectivity index is 1.69. The molecule has 4 rings (SSSR count). The summed E-state index contributed by atoms with van der Waals surface area (Å²) < 4.78 is 0. The molecule has 23 heavy (non-hydrogen) atoms. The summed E-state index contributed by atoms with van der Waals surface area (Å²) in [5.74, 6) is 2.62. The van der Waals surface area contributed by atoms with Crippen LogP contribution in [0.15, 0.2) is 0 Å². The number of nitrogens with one attached hydrogen (secondary N) is 1. The molecule has 7 unspecified atom stereocenters. The zero-order chi connectivity index (χ0) is 16.5. The molecular weight excluding hydrogens is 286 g/mol. The Bertz CT molecular complexity index is 520. The van der Waals surface area contributed by atoms with Gasteiger partial charge in [0, 0.05) is 18.4 Å². The molecule has 0 aliphatic heterocycles. The van der Waals surface area contributed by atoms with Gasteiger partial charge >= 0.3 is 0 Å². The average molecular weight is 319 g/mol. The number of aliphatic hydroxyl groups is 1. The molecule has 4 fully saturated rings. The van der Waals surface area contributed by atoms with Gasteiger partial charge in [0.2, 0.25) is 0 Å². The zero-order valence-electron chi connectivity index (χ0n) is 15.0. The first kappa shape index (κ1) is 16.1. The maximum Gasteiger partial charge on any atom is 0.134 e. The normalized spacial score (nSPS) is 55.9.